The predicted octanol–water partition coefficient (Wildman–Crippen LogP) is 5.97. The van der Waals surface area contributed by atoms with E-state index in [-0.39, 0.29) is 17.3 Å². The normalized spacial score (nSPS) is 20.8. The minimum Gasteiger partial charge on any atom is -0.508 e. The van der Waals surface area contributed by atoms with Crippen LogP contribution in [0.1, 0.15) is 71.4 Å². The molecule has 0 fully saturated rings. The molecule has 0 radical (unpaired) electrons. The summed E-state index contributed by atoms with van der Waals surface area (Å²) in [5.41, 5.74) is 2.47. The van der Waals surface area contributed by atoms with E-state index in [2.05, 4.69) is 0 Å². The Balaban J connectivity index is 1.89. The number of allylic oxidation sites excluding steroid dienone is 4. The average molecular weight is 455 g/mol. The first-order valence-corrected chi connectivity index (χ1v) is 11.5. The van der Waals surface area contributed by atoms with Gasteiger partial charge in [-0.05, 0) is 103 Å². The fraction of sp³-hybridized carbons (Fsp3) is 0.500. The van der Waals surface area contributed by atoms with E-state index in [0.717, 1.165) is 40.9 Å². The molecule has 1 atom stereocenters. The monoisotopic (exact) mass is 454 g/mol. The lowest BCUT2D eigenvalue weighted by Crippen LogP contribution is -2.47. The van der Waals surface area contributed by atoms with Gasteiger partial charge in [-0.3, -0.25) is 9.59 Å². The molecule has 1 aliphatic heterocycles. The number of ether oxygens (including phenoxy) is 2. The molecule has 1 aromatic rings. The molecule has 33 heavy (non-hydrogen) atoms. The van der Waals surface area contributed by atoms with Crippen molar-refractivity contribution in [1.29, 1.82) is 0 Å². The van der Waals surface area contributed by atoms with Gasteiger partial charge in [-0.15, -0.1) is 0 Å². The summed E-state index contributed by atoms with van der Waals surface area (Å²) < 4.78 is 11.5. The Morgan fingerprint density at radius 3 is 2.55 bits per heavy atom. The number of phenolic OH excluding ortho intramolecular Hbond substituents is 1. The van der Waals surface area contributed by atoms with Crippen molar-refractivity contribution in [2.45, 2.75) is 84.8 Å². The molecule has 0 aromatic heterocycles. The first-order valence-electron chi connectivity index (χ1n) is 11.5. The smallest absolute Gasteiger partial charge is 0.186 e. The second-order valence-corrected chi connectivity index (χ2v) is 9.83. The third kappa shape index (κ3) is 7.71. The summed E-state index contributed by atoms with van der Waals surface area (Å²) in [6.07, 6.45) is 10.2. The average Bonchev–Trinajstić information content (AvgIpc) is 2.68. The van der Waals surface area contributed by atoms with E-state index in [0.29, 0.717) is 19.3 Å². The topological polar surface area (TPSA) is 72.8 Å². The molecule has 0 spiro atoms. The van der Waals surface area contributed by atoms with Crippen LogP contribution >= 0.6 is 0 Å². The number of hydrogen-bond donors (Lipinski definition) is 1. The summed E-state index contributed by atoms with van der Waals surface area (Å²) in [6, 6.07) is 3.36. The molecule has 5 heteroatoms. The summed E-state index contributed by atoms with van der Waals surface area (Å²) in [7, 11) is 1.62. The number of hydrogen-bond acceptors (Lipinski definition) is 5. The minimum atomic E-state index is -0.812. The molecule has 180 valence electrons. The molecule has 5 nitrogen and oxygen atoms in total. The van der Waals surface area contributed by atoms with Gasteiger partial charge in [-0.2, -0.15) is 0 Å². The van der Waals surface area contributed by atoms with E-state index < -0.39 is 11.2 Å². The highest BCUT2D eigenvalue weighted by atomic mass is 16.5. The van der Waals surface area contributed by atoms with E-state index >= 15 is 0 Å². The van der Waals surface area contributed by atoms with Crippen molar-refractivity contribution in [3.8, 4) is 11.5 Å². The van der Waals surface area contributed by atoms with E-state index in [1.165, 1.54) is 0 Å². The van der Waals surface area contributed by atoms with Gasteiger partial charge in [0, 0.05) is 12.0 Å². The molecule has 0 bridgehead atoms. The Bertz CT molecular complexity index is 980. The van der Waals surface area contributed by atoms with Crippen LogP contribution in [-0.4, -0.2) is 35.0 Å². The third-order valence-electron chi connectivity index (χ3n) is 5.94. The first-order chi connectivity index (χ1) is 15.3. The molecule has 1 aromatic carbocycles. The number of rotatable bonds is 10. The van der Waals surface area contributed by atoms with Crippen molar-refractivity contribution < 1.29 is 24.2 Å². The SMILES string of the molecule is COc1c(C)cc(O)cc1CC=C(C)CC(=O)C=C(C)CCC[C@@]1(C)OC(C)(C)C=CC1=O. The zero-order valence-corrected chi connectivity index (χ0v) is 21.1. The largest absolute Gasteiger partial charge is 0.508 e. The lowest BCUT2D eigenvalue weighted by Gasteiger charge is -2.38. The highest BCUT2D eigenvalue weighted by molar-refractivity contribution is 5.97. The molecule has 0 amide bonds. The van der Waals surface area contributed by atoms with Gasteiger partial charge in [-0.25, -0.2) is 0 Å². The Hall–Kier alpha value is -2.66. The van der Waals surface area contributed by atoms with Crippen LogP contribution in [0.2, 0.25) is 0 Å². The maximum Gasteiger partial charge on any atom is 0.186 e. The van der Waals surface area contributed by atoms with E-state index in [9.17, 15) is 14.7 Å². The molecular formula is C28H38O5. The molecule has 0 aliphatic carbocycles. The maximum atomic E-state index is 12.5. The highest BCUT2D eigenvalue weighted by Crippen LogP contribution is 2.32. The van der Waals surface area contributed by atoms with Crippen molar-refractivity contribution >= 4 is 11.6 Å². The lowest BCUT2D eigenvalue weighted by molar-refractivity contribution is -0.157. The van der Waals surface area contributed by atoms with Crippen LogP contribution in [0.4, 0.5) is 0 Å². The van der Waals surface area contributed by atoms with Crippen LogP contribution in [0.25, 0.3) is 0 Å². The van der Waals surface area contributed by atoms with Crippen LogP contribution in [0.3, 0.4) is 0 Å². The first kappa shape index (κ1) is 26.6. The van der Waals surface area contributed by atoms with Gasteiger partial charge in [0.25, 0.3) is 0 Å². The molecule has 0 unspecified atom stereocenters. The zero-order valence-electron chi connectivity index (χ0n) is 21.1. The molecule has 0 saturated carbocycles. The van der Waals surface area contributed by atoms with Crippen molar-refractivity contribution in [3.63, 3.8) is 0 Å². The van der Waals surface area contributed by atoms with Crippen molar-refractivity contribution in [3.05, 3.63) is 58.7 Å². The number of phenols is 1. The number of aryl methyl sites for hydroxylation is 1. The standard InChI is InChI=1S/C28H38O5/c1-19(9-8-13-28(6)25(31)12-14-27(4,5)33-28)15-23(29)16-20(2)10-11-22-18-24(30)17-21(3)26(22)32-7/h10,12,14-15,17-18,30H,8-9,11,13,16H2,1-7H3/t28-/m1/s1. The predicted molar refractivity (Wildman–Crippen MR) is 132 cm³/mol. The number of carbonyl (C=O) groups is 2. The van der Waals surface area contributed by atoms with Crippen molar-refractivity contribution in [2.75, 3.05) is 7.11 Å². The molecule has 1 aliphatic rings. The quantitative estimate of drug-likeness (QED) is 0.348. The van der Waals surface area contributed by atoms with Crippen molar-refractivity contribution in [1.82, 2.24) is 0 Å². The van der Waals surface area contributed by atoms with Crippen LogP contribution in [0.5, 0.6) is 11.5 Å². The number of carbonyl (C=O) groups excluding carboxylic acids is 2. The molecular weight excluding hydrogens is 416 g/mol. The van der Waals surface area contributed by atoms with Crippen LogP contribution in [0, 0.1) is 6.92 Å². The van der Waals surface area contributed by atoms with Gasteiger partial charge in [0.2, 0.25) is 0 Å². The number of ketones is 2. The fourth-order valence-electron chi connectivity index (χ4n) is 4.30. The Morgan fingerprint density at radius 2 is 1.88 bits per heavy atom. The van der Waals surface area contributed by atoms with E-state index in [1.54, 1.807) is 37.5 Å². The van der Waals surface area contributed by atoms with Crippen LogP contribution in [0.15, 0.2) is 47.6 Å². The zero-order chi connectivity index (χ0) is 24.8. The maximum absolute atomic E-state index is 12.5. The van der Waals surface area contributed by atoms with E-state index in [1.807, 2.05) is 47.6 Å². The summed E-state index contributed by atoms with van der Waals surface area (Å²) in [4.78, 5) is 24.8. The second kappa shape index (κ2) is 11.0. The molecule has 0 saturated heterocycles. The van der Waals surface area contributed by atoms with Gasteiger partial charge in [0.1, 0.15) is 17.1 Å². The Morgan fingerprint density at radius 1 is 1.18 bits per heavy atom. The number of aromatic hydroxyl groups is 1. The summed E-state index contributed by atoms with van der Waals surface area (Å²) in [5, 5.41) is 9.87. The summed E-state index contributed by atoms with van der Waals surface area (Å²) in [5.74, 6) is 1.02. The van der Waals surface area contributed by atoms with Crippen LogP contribution < -0.4 is 4.74 Å². The van der Waals surface area contributed by atoms with Gasteiger partial charge >= 0.3 is 0 Å². The summed E-state index contributed by atoms with van der Waals surface area (Å²) in [6.45, 7) is 11.5. The number of benzene rings is 1. The van der Waals surface area contributed by atoms with Gasteiger partial charge < -0.3 is 14.6 Å². The lowest BCUT2D eigenvalue weighted by atomic mass is 9.87. The molecule has 2 rings (SSSR count). The number of methoxy groups -OCH3 is 1. The van der Waals surface area contributed by atoms with Gasteiger partial charge in [-0.1, -0.05) is 17.2 Å². The fourth-order valence-corrected chi connectivity index (χ4v) is 4.30. The minimum absolute atomic E-state index is 0.00106. The third-order valence-corrected chi connectivity index (χ3v) is 5.94. The van der Waals surface area contributed by atoms with Crippen LogP contribution in [-0.2, 0) is 20.7 Å². The molecule has 1 heterocycles. The van der Waals surface area contributed by atoms with Gasteiger partial charge in [0.05, 0.1) is 12.7 Å². The second-order valence-electron chi connectivity index (χ2n) is 9.83. The van der Waals surface area contributed by atoms with Crippen molar-refractivity contribution in [2.24, 2.45) is 0 Å². The Kier molecular flexibility index (Phi) is 8.84. The van der Waals surface area contributed by atoms with Gasteiger partial charge in [0.15, 0.2) is 11.6 Å². The Labute approximate surface area is 198 Å². The summed E-state index contributed by atoms with van der Waals surface area (Å²) >= 11 is 0. The van der Waals surface area contributed by atoms with E-state index in [4.69, 9.17) is 9.47 Å². The highest BCUT2D eigenvalue weighted by Gasteiger charge is 2.40. The molecule has 1 N–H and O–H groups in total.